The number of ether oxygens (including phenoxy) is 2. The lowest BCUT2D eigenvalue weighted by molar-refractivity contribution is -0.128. The summed E-state index contributed by atoms with van der Waals surface area (Å²) in [4.78, 5) is 44.9. The Morgan fingerprint density at radius 1 is 0.895 bits per heavy atom. The SMILES string of the molecule is O=C(Nc1ccc(Cl)cc1)[C@@H]1[C@@H]2C(=O)N(c3ccc4c(c3)OCCO4)C(=O)[C@@H]2C2c3ccccc3C=CN21. The molecule has 1 N–H and O–H groups in total. The fourth-order valence-electron chi connectivity index (χ4n) is 6.03. The van der Waals surface area contributed by atoms with Crippen LogP contribution in [0, 0.1) is 11.8 Å². The van der Waals surface area contributed by atoms with Gasteiger partial charge in [-0.2, -0.15) is 0 Å². The van der Waals surface area contributed by atoms with Crippen molar-refractivity contribution in [3.8, 4) is 11.5 Å². The number of hydrogen-bond donors (Lipinski definition) is 1. The molecule has 3 aromatic carbocycles. The van der Waals surface area contributed by atoms with Gasteiger partial charge in [-0.05, 0) is 53.6 Å². The number of benzene rings is 3. The van der Waals surface area contributed by atoms with Crippen LogP contribution in [0.1, 0.15) is 17.2 Å². The molecule has 4 aliphatic heterocycles. The molecule has 0 aromatic heterocycles. The Hall–Kier alpha value is -4.30. The molecule has 0 saturated carbocycles. The molecule has 3 aromatic rings. The third-order valence-corrected chi connectivity index (χ3v) is 7.88. The van der Waals surface area contributed by atoms with Crippen LogP contribution in [0.5, 0.6) is 11.5 Å². The molecule has 7 rings (SSSR count). The standard InChI is InChI=1S/C29H22ClN3O5/c30-17-5-7-18(8-6-17)31-27(34)26-24-23(25-20-4-2-1-3-16(20)11-12-32(25)26)28(35)33(29(24)36)19-9-10-21-22(15-19)38-14-13-37-21/h1-12,15,23-26H,13-14H2,(H,31,34)/t23-,24+,25?,26-/m0/s1. The summed E-state index contributed by atoms with van der Waals surface area (Å²) in [5, 5.41) is 3.47. The molecule has 4 atom stereocenters. The highest BCUT2D eigenvalue weighted by molar-refractivity contribution is 6.30. The predicted octanol–water partition coefficient (Wildman–Crippen LogP) is 4.27. The first-order chi connectivity index (χ1) is 18.5. The summed E-state index contributed by atoms with van der Waals surface area (Å²) in [5.74, 6) is -1.66. The van der Waals surface area contributed by atoms with E-state index >= 15 is 0 Å². The van der Waals surface area contributed by atoms with Gasteiger partial charge in [0.2, 0.25) is 17.7 Å². The van der Waals surface area contributed by atoms with Gasteiger partial charge in [0.15, 0.2) is 11.5 Å². The van der Waals surface area contributed by atoms with Crippen LogP contribution in [-0.4, -0.2) is 41.9 Å². The lowest BCUT2D eigenvalue weighted by Crippen LogP contribution is -2.46. The zero-order valence-electron chi connectivity index (χ0n) is 20.0. The van der Waals surface area contributed by atoms with Crippen LogP contribution >= 0.6 is 11.6 Å². The van der Waals surface area contributed by atoms with Crippen LogP contribution in [0.15, 0.2) is 72.9 Å². The Bertz CT molecular complexity index is 1520. The Morgan fingerprint density at radius 3 is 2.45 bits per heavy atom. The zero-order valence-corrected chi connectivity index (χ0v) is 20.8. The van der Waals surface area contributed by atoms with Crippen molar-refractivity contribution < 1.29 is 23.9 Å². The second kappa shape index (κ2) is 8.63. The van der Waals surface area contributed by atoms with Crippen molar-refractivity contribution in [2.24, 2.45) is 11.8 Å². The van der Waals surface area contributed by atoms with E-state index in [1.807, 2.05) is 41.4 Å². The molecule has 2 saturated heterocycles. The van der Waals surface area contributed by atoms with E-state index in [4.69, 9.17) is 21.1 Å². The summed E-state index contributed by atoms with van der Waals surface area (Å²) in [6, 6.07) is 18.2. The lowest BCUT2D eigenvalue weighted by Gasteiger charge is -2.35. The minimum atomic E-state index is -0.885. The zero-order chi connectivity index (χ0) is 26.0. The molecule has 0 aliphatic carbocycles. The topological polar surface area (TPSA) is 88.2 Å². The molecule has 3 amide bonds. The molecular formula is C29H22ClN3O5. The van der Waals surface area contributed by atoms with Gasteiger partial charge in [0.25, 0.3) is 0 Å². The van der Waals surface area contributed by atoms with E-state index in [1.165, 1.54) is 4.90 Å². The van der Waals surface area contributed by atoms with E-state index in [1.54, 1.807) is 42.5 Å². The van der Waals surface area contributed by atoms with Crippen molar-refractivity contribution in [3.63, 3.8) is 0 Å². The molecule has 0 bridgehead atoms. The number of fused-ring (bicyclic) bond motifs is 6. The normalized spacial score (nSPS) is 24.7. The molecule has 9 heteroatoms. The second-order valence-corrected chi connectivity index (χ2v) is 10.1. The smallest absolute Gasteiger partial charge is 0.247 e. The number of carbonyl (C=O) groups is 3. The van der Waals surface area contributed by atoms with Crippen molar-refractivity contribution >= 4 is 46.8 Å². The third-order valence-electron chi connectivity index (χ3n) is 7.63. The van der Waals surface area contributed by atoms with Gasteiger partial charge in [0, 0.05) is 23.0 Å². The number of nitrogens with zero attached hydrogens (tertiary/aromatic N) is 2. The van der Waals surface area contributed by atoms with Gasteiger partial charge >= 0.3 is 0 Å². The van der Waals surface area contributed by atoms with Gasteiger partial charge in [-0.15, -0.1) is 0 Å². The molecule has 0 radical (unpaired) electrons. The summed E-state index contributed by atoms with van der Waals surface area (Å²) < 4.78 is 11.3. The van der Waals surface area contributed by atoms with E-state index in [2.05, 4.69) is 5.32 Å². The van der Waals surface area contributed by atoms with Gasteiger partial charge in [0.1, 0.15) is 19.3 Å². The molecule has 8 nitrogen and oxygen atoms in total. The van der Waals surface area contributed by atoms with Crippen LogP contribution in [-0.2, 0) is 14.4 Å². The molecule has 1 unspecified atom stereocenters. The number of rotatable bonds is 3. The van der Waals surface area contributed by atoms with Crippen molar-refractivity contribution in [1.82, 2.24) is 4.90 Å². The van der Waals surface area contributed by atoms with E-state index in [0.29, 0.717) is 41.1 Å². The van der Waals surface area contributed by atoms with Crippen molar-refractivity contribution in [3.05, 3.63) is 89.1 Å². The number of hydrogen-bond acceptors (Lipinski definition) is 6. The summed E-state index contributed by atoms with van der Waals surface area (Å²) in [6.45, 7) is 0.823. The van der Waals surface area contributed by atoms with Crippen LogP contribution in [0.4, 0.5) is 11.4 Å². The molecule has 190 valence electrons. The average Bonchev–Trinajstić information content (AvgIpc) is 3.42. The van der Waals surface area contributed by atoms with Crippen molar-refractivity contribution in [1.29, 1.82) is 0 Å². The number of anilines is 2. The monoisotopic (exact) mass is 527 g/mol. The minimum Gasteiger partial charge on any atom is -0.486 e. The summed E-state index contributed by atoms with van der Waals surface area (Å²) in [6.07, 6.45) is 3.75. The number of imide groups is 1. The number of amides is 3. The number of carbonyl (C=O) groups excluding carboxylic acids is 3. The first-order valence-electron chi connectivity index (χ1n) is 12.4. The van der Waals surface area contributed by atoms with Gasteiger partial charge in [-0.25, -0.2) is 4.90 Å². The highest BCUT2D eigenvalue weighted by Gasteiger charge is 2.64. The Kier molecular flexibility index (Phi) is 5.19. The van der Waals surface area contributed by atoms with Gasteiger partial charge in [-0.1, -0.05) is 35.9 Å². The maximum Gasteiger partial charge on any atom is 0.247 e. The molecular weight excluding hydrogens is 506 g/mol. The van der Waals surface area contributed by atoms with Crippen LogP contribution < -0.4 is 19.7 Å². The molecule has 4 aliphatic rings. The van der Waals surface area contributed by atoms with E-state index < -0.39 is 29.8 Å². The van der Waals surface area contributed by atoms with Gasteiger partial charge in [-0.3, -0.25) is 14.4 Å². The predicted molar refractivity (Wildman–Crippen MR) is 141 cm³/mol. The Balaban J connectivity index is 1.30. The molecule has 38 heavy (non-hydrogen) atoms. The third kappa shape index (κ3) is 3.40. The number of halogens is 1. The fraction of sp³-hybridized carbons (Fsp3) is 0.207. The summed E-state index contributed by atoms with van der Waals surface area (Å²) in [7, 11) is 0. The average molecular weight is 528 g/mol. The van der Waals surface area contributed by atoms with Crippen LogP contribution in [0.3, 0.4) is 0 Å². The fourth-order valence-corrected chi connectivity index (χ4v) is 6.16. The maximum absolute atomic E-state index is 14.0. The Labute approximate surface area is 223 Å². The summed E-state index contributed by atoms with van der Waals surface area (Å²) in [5.41, 5.74) is 2.84. The first kappa shape index (κ1) is 22.9. The van der Waals surface area contributed by atoms with E-state index in [-0.39, 0.29) is 11.8 Å². The van der Waals surface area contributed by atoms with Gasteiger partial charge in [0.05, 0.1) is 23.6 Å². The van der Waals surface area contributed by atoms with Gasteiger partial charge < -0.3 is 19.7 Å². The molecule has 0 spiro atoms. The minimum absolute atomic E-state index is 0.335. The highest BCUT2D eigenvalue weighted by Crippen LogP contribution is 2.53. The number of nitrogens with one attached hydrogen (secondary N) is 1. The first-order valence-corrected chi connectivity index (χ1v) is 12.8. The Morgan fingerprint density at radius 2 is 1.63 bits per heavy atom. The van der Waals surface area contributed by atoms with Crippen molar-refractivity contribution in [2.75, 3.05) is 23.4 Å². The largest absolute Gasteiger partial charge is 0.486 e. The highest BCUT2D eigenvalue weighted by atomic mass is 35.5. The van der Waals surface area contributed by atoms with Crippen LogP contribution in [0.25, 0.3) is 6.08 Å². The quantitative estimate of drug-likeness (QED) is 0.512. The van der Waals surface area contributed by atoms with E-state index in [0.717, 1.165) is 11.1 Å². The molecule has 2 fully saturated rings. The molecule has 4 heterocycles. The van der Waals surface area contributed by atoms with E-state index in [9.17, 15) is 14.4 Å². The second-order valence-electron chi connectivity index (χ2n) is 9.67. The maximum atomic E-state index is 14.0. The lowest BCUT2D eigenvalue weighted by atomic mass is 9.84. The van der Waals surface area contributed by atoms with Crippen molar-refractivity contribution in [2.45, 2.75) is 12.1 Å². The summed E-state index contributed by atoms with van der Waals surface area (Å²) >= 11 is 6.01. The van der Waals surface area contributed by atoms with Crippen LogP contribution in [0.2, 0.25) is 5.02 Å².